The van der Waals surface area contributed by atoms with Gasteiger partial charge in [-0.15, -0.1) is 11.3 Å². The summed E-state index contributed by atoms with van der Waals surface area (Å²) in [5.74, 6) is -2.55. The average molecular weight is 664 g/mol. The summed E-state index contributed by atoms with van der Waals surface area (Å²) in [4.78, 5) is 57.6. The lowest BCUT2D eigenvalue weighted by Gasteiger charge is -2.39. The fourth-order valence-electron chi connectivity index (χ4n) is 6.74. The van der Waals surface area contributed by atoms with Crippen LogP contribution in [0.4, 0.5) is 10.1 Å². The minimum Gasteiger partial charge on any atom is -0.344 e. The molecule has 1 aromatic heterocycles. The van der Waals surface area contributed by atoms with Gasteiger partial charge >= 0.3 is 0 Å². The number of carbonyl (C=O) groups is 4. The van der Waals surface area contributed by atoms with E-state index >= 15 is 4.39 Å². The van der Waals surface area contributed by atoms with Gasteiger partial charge in [0.2, 0.25) is 17.7 Å². The second-order valence-electron chi connectivity index (χ2n) is 13.1. The minimum absolute atomic E-state index is 0.0113. The molecule has 252 valence electrons. The molecule has 2 aliphatic rings. The molecular formula is C36H46FN5O4S. The first-order chi connectivity index (χ1) is 22.5. The molecule has 0 spiro atoms. The van der Waals surface area contributed by atoms with Crippen LogP contribution in [-0.4, -0.2) is 78.2 Å². The van der Waals surface area contributed by atoms with Crippen LogP contribution in [0.1, 0.15) is 81.1 Å². The number of piperazine rings is 1. The summed E-state index contributed by atoms with van der Waals surface area (Å²) in [5.41, 5.74) is -0.246. The molecule has 3 aromatic rings. The Hall–Kier alpha value is -3.83. The summed E-state index contributed by atoms with van der Waals surface area (Å²) in [5, 5.41) is 11.3. The molecule has 5 rings (SSSR count). The predicted molar refractivity (Wildman–Crippen MR) is 184 cm³/mol. The third-order valence-corrected chi connectivity index (χ3v) is 10.9. The Labute approximate surface area is 280 Å². The molecule has 9 nitrogen and oxygen atoms in total. The van der Waals surface area contributed by atoms with E-state index in [-0.39, 0.29) is 35.7 Å². The normalized spacial score (nSPS) is 18.6. The minimum atomic E-state index is -1.27. The maximum atomic E-state index is 15.8. The van der Waals surface area contributed by atoms with Crippen molar-refractivity contribution in [3.63, 3.8) is 0 Å². The van der Waals surface area contributed by atoms with Crippen molar-refractivity contribution in [3.05, 3.63) is 64.8 Å². The van der Waals surface area contributed by atoms with Crippen LogP contribution in [0.5, 0.6) is 0 Å². The van der Waals surface area contributed by atoms with Gasteiger partial charge in [0.1, 0.15) is 17.4 Å². The van der Waals surface area contributed by atoms with Gasteiger partial charge in [-0.25, -0.2) is 4.39 Å². The van der Waals surface area contributed by atoms with E-state index in [1.165, 1.54) is 23.5 Å². The van der Waals surface area contributed by atoms with E-state index in [1.54, 1.807) is 31.7 Å². The van der Waals surface area contributed by atoms with Crippen molar-refractivity contribution in [2.24, 2.45) is 5.92 Å². The second kappa shape index (κ2) is 14.9. The van der Waals surface area contributed by atoms with Crippen LogP contribution in [0.3, 0.4) is 0 Å². The number of nitrogens with one attached hydrogen (secondary N) is 3. The number of hydrogen-bond donors (Lipinski definition) is 3. The summed E-state index contributed by atoms with van der Waals surface area (Å²) < 4.78 is 16.7. The van der Waals surface area contributed by atoms with Crippen molar-refractivity contribution in [1.82, 2.24) is 20.4 Å². The van der Waals surface area contributed by atoms with Crippen molar-refractivity contribution in [3.8, 4) is 0 Å². The summed E-state index contributed by atoms with van der Waals surface area (Å²) in [7, 11) is 2.00. The highest BCUT2D eigenvalue weighted by molar-refractivity contribution is 7.17. The third-order valence-electron chi connectivity index (χ3n) is 9.98. The maximum absolute atomic E-state index is 15.8. The number of rotatable bonds is 10. The first-order valence-electron chi connectivity index (χ1n) is 16.7. The highest BCUT2D eigenvalue weighted by Gasteiger charge is 2.43. The highest BCUT2D eigenvalue weighted by atomic mass is 32.1. The van der Waals surface area contributed by atoms with Gasteiger partial charge < -0.3 is 25.8 Å². The largest absolute Gasteiger partial charge is 0.344 e. The zero-order chi connectivity index (χ0) is 33.7. The Kier molecular flexibility index (Phi) is 11.0. The third kappa shape index (κ3) is 7.67. The molecule has 2 heterocycles. The first kappa shape index (κ1) is 34.5. The zero-order valence-electron chi connectivity index (χ0n) is 27.7. The monoisotopic (exact) mass is 663 g/mol. The number of amides is 4. The number of thiophene rings is 1. The molecule has 0 unspecified atom stereocenters. The van der Waals surface area contributed by atoms with Crippen LogP contribution in [0.2, 0.25) is 0 Å². The van der Waals surface area contributed by atoms with Crippen LogP contribution in [0.25, 0.3) is 10.1 Å². The van der Waals surface area contributed by atoms with E-state index in [1.807, 2.05) is 36.7 Å². The number of benzene rings is 2. The lowest BCUT2D eigenvalue weighted by molar-refractivity contribution is -0.138. The van der Waals surface area contributed by atoms with Gasteiger partial charge in [0, 0.05) is 54.0 Å². The molecule has 47 heavy (non-hydrogen) atoms. The lowest BCUT2D eigenvalue weighted by atomic mass is 9.74. The standard InChI is InChI=1S/C36H46FN5O4S/c1-5-31(43)39-32(34(45)42-19-17-41(4)18-20-42)23(2)24-15-16-29(28(37)21-24)38-35(46)36(3,25-11-7-6-8-12-25)40-33(44)27-22-47-30-14-10-9-13-26(27)30/h9-10,13-16,21-23,25,32H,5-8,11-12,17-20H2,1-4H3,(H,38,46)(H,39,43)(H,40,44)/t23-,32+,36+/m0/s1. The van der Waals surface area contributed by atoms with E-state index in [0.717, 1.165) is 55.3 Å². The summed E-state index contributed by atoms with van der Waals surface area (Å²) in [6, 6.07) is 11.3. The Bertz CT molecular complexity index is 1610. The number of anilines is 1. The van der Waals surface area contributed by atoms with Crippen molar-refractivity contribution in [1.29, 1.82) is 0 Å². The Balaban J connectivity index is 1.36. The van der Waals surface area contributed by atoms with Gasteiger partial charge in [-0.05, 0) is 56.5 Å². The Morgan fingerprint density at radius 3 is 2.40 bits per heavy atom. The van der Waals surface area contributed by atoms with E-state index in [2.05, 4.69) is 20.9 Å². The summed E-state index contributed by atoms with van der Waals surface area (Å²) >= 11 is 1.48. The molecule has 2 aromatic carbocycles. The number of halogens is 1. The van der Waals surface area contributed by atoms with Crippen molar-refractivity contribution in [2.45, 2.75) is 76.8 Å². The van der Waals surface area contributed by atoms with E-state index in [4.69, 9.17) is 0 Å². The van der Waals surface area contributed by atoms with Crippen LogP contribution >= 0.6 is 11.3 Å². The quantitative estimate of drug-likeness (QED) is 0.265. The molecule has 0 bridgehead atoms. The van der Waals surface area contributed by atoms with Crippen molar-refractivity contribution >= 4 is 50.7 Å². The van der Waals surface area contributed by atoms with Crippen LogP contribution in [-0.2, 0) is 14.4 Å². The second-order valence-corrected chi connectivity index (χ2v) is 14.1. The van der Waals surface area contributed by atoms with Crippen LogP contribution in [0, 0.1) is 11.7 Å². The molecule has 4 amide bonds. The van der Waals surface area contributed by atoms with Gasteiger partial charge in [-0.3, -0.25) is 19.2 Å². The van der Waals surface area contributed by atoms with Gasteiger partial charge in [-0.2, -0.15) is 0 Å². The molecule has 0 radical (unpaired) electrons. The molecule has 3 atom stereocenters. The van der Waals surface area contributed by atoms with Crippen molar-refractivity contribution < 1.29 is 23.6 Å². The first-order valence-corrected chi connectivity index (χ1v) is 17.6. The van der Waals surface area contributed by atoms with Crippen LogP contribution < -0.4 is 16.0 Å². The number of hydrogen-bond acceptors (Lipinski definition) is 6. The van der Waals surface area contributed by atoms with E-state index in [9.17, 15) is 19.2 Å². The Morgan fingerprint density at radius 1 is 1.02 bits per heavy atom. The predicted octanol–water partition coefficient (Wildman–Crippen LogP) is 5.52. The van der Waals surface area contributed by atoms with E-state index < -0.39 is 29.2 Å². The topological polar surface area (TPSA) is 111 Å². The molecule has 1 saturated carbocycles. The fraction of sp³-hybridized carbons (Fsp3) is 0.500. The van der Waals surface area contributed by atoms with Crippen molar-refractivity contribution in [2.75, 3.05) is 38.5 Å². The van der Waals surface area contributed by atoms with Gasteiger partial charge in [0.05, 0.1) is 11.3 Å². The number of fused-ring (bicyclic) bond motifs is 1. The molecule has 1 aliphatic carbocycles. The summed E-state index contributed by atoms with van der Waals surface area (Å²) in [6.45, 7) is 7.84. The van der Waals surface area contributed by atoms with Gasteiger partial charge in [-0.1, -0.05) is 57.4 Å². The van der Waals surface area contributed by atoms with E-state index in [0.29, 0.717) is 24.2 Å². The van der Waals surface area contributed by atoms with Gasteiger partial charge in [0.25, 0.3) is 5.91 Å². The molecule has 1 aliphatic heterocycles. The van der Waals surface area contributed by atoms with Gasteiger partial charge in [0.15, 0.2) is 0 Å². The fourth-order valence-corrected chi connectivity index (χ4v) is 7.68. The number of likely N-dealkylation sites (N-methyl/N-ethyl adjacent to an activating group) is 1. The highest BCUT2D eigenvalue weighted by Crippen LogP contribution is 2.35. The smallest absolute Gasteiger partial charge is 0.253 e. The van der Waals surface area contributed by atoms with Crippen LogP contribution in [0.15, 0.2) is 47.8 Å². The SMILES string of the molecule is CCC(=O)N[C@@H](C(=O)N1CCN(C)CC1)[C@@H](C)c1ccc(NC(=O)[C@](C)(NC(=O)c2csc3ccccc23)C2CCCCC2)c(F)c1. The molecule has 11 heteroatoms. The number of nitrogens with zero attached hydrogens (tertiary/aromatic N) is 2. The Morgan fingerprint density at radius 2 is 1.72 bits per heavy atom. The number of carbonyl (C=O) groups excluding carboxylic acids is 4. The molecule has 3 N–H and O–H groups in total. The average Bonchev–Trinajstić information content (AvgIpc) is 3.52. The molecular weight excluding hydrogens is 617 g/mol. The molecule has 1 saturated heterocycles. The lowest BCUT2D eigenvalue weighted by Crippen LogP contribution is -2.59. The molecule has 2 fully saturated rings. The summed E-state index contributed by atoms with van der Waals surface area (Å²) in [6.07, 6.45) is 4.75. The maximum Gasteiger partial charge on any atom is 0.253 e. The zero-order valence-corrected chi connectivity index (χ0v) is 28.6.